The molecule has 108 valence electrons. The number of nitrogens with one attached hydrogen (secondary N) is 1. The third-order valence-electron chi connectivity index (χ3n) is 4.50. The topological polar surface area (TPSA) is 58.6 Å². The zero-order valence-electron chi connectivity index (χ0n) is 11.8. The van der Waals surface area contributed by atoms with Crippen molar-refractivity contribution in [1.29, 1.82) is 0 Å². The lowest BCUT2D eigenvalue weighted by atomic mass is 9.96. The van der Waals surface area contributed by atoms with Gasteiger partial charge in [-0.3, -0.25) is 4.79 Å². The zero-order valence-corrected chi connectivity index (χ0v) is 11.8. The van der Waals surface area contributed by atoms with Crippen LogP contribution in [-0.2, 0) is 4.79 Å². The first-order chi connectivity index (χ1) is 9.59. The van der Waals surface area contributed by atoms with Gasteiger partial charge < -0.3 is 15.2 Å². The Balaban J connectivity index is 1.62. The van der Waals surface area contributed by atoms with Crippen LogP contribution in [0.3, 0.4) is 0 Å². The Morgan fingerprint density at radius 2 is 2.10 bits per heavy atom. The first-order valence-corrected chi connectivity index (χ1v) is 7.35. The first kappa shape index (κ1) is 13.4. The van der Waals surface area contributed by atoms with Crippen molar-refractivity contribution in [1.82, 2.24) is 5.32 Å². The van der Waals surface area contributed by atoms with Gasteiger partial charge in [0, 0.05) is 18.0 Å². The quantitative estimate of drug-likeness (QED) is 0.886. The average Bonchev–Trinajstić information content (AvgIpc) is 3.02. The zero-order chi connectivity index (χ0) is 14.2. The van der Waals surface area contributed by atoms with E-state index in [1.807, 2.05) is 31.2 Å². The van der Waals surface area contributed by atoms with E-state index in [2.05, 4.69) is 5.32 Å². The van der Waals surface area contributed by atoms with Crippen molar-refractivity contribution >= 4 is 5.91 Å². The van der Waals surface area contributed by atoms with Gasteiger partial charge in [-0.1, -0.05) is 38.0 Å². The fourth-order valence-electron chi connectivity index (χ4n) is 3.21. The molecular weight excluding hydrogens is 254 g/mol. The number of fused-ring (bicyclic) bond motifs is 1. The highest BCUT2D eigenvalue weighted by atomic mass is 16.5. The van der Waals surface area contributed by atoms with Gasteiger partial charge in [0.25, 0.3) is 5.91 Å². The van der Waals surface area contributed by atoms with Gasteiger partial charge >= 0.3 is 0 Å². The molecule has 2 atom stereocenters. The molecule has 2 unspecified atom stereocenters. The van der Waals surface area contributed by atoms with Gasteiger partial charge in [0.05, 0.1) is 5.60 Å². The van der Waals surface area contributed by atoms with Crippen molar-refractivity contribution in [3.8, 4) is 5.75 Å². The van der Waals surface area contributed by atoms with Crippen molar-refractivity contribution in [3.63, 3.8) is 0 Å². The summed E-state index contributed by atoms with van der Waals surface area (Å²) in [6, 6.07) is 7.76. The molecule has 0 radical (unpaired) electrons. The fourth-order valence-corrected chi connectivity index (χ4v) is 3.21. The van der Waals surface area contributed by atoms with Crippen LogP contribution in [0.4, 0.5) is 0 Å². The Bertz CT molecular complexity index is 508. The summed E-state index contributed by atoms with van der Waals surface area (Å²) in [5, 5.41) is 13.1. The molecule has 1 aliphatic heterocycles. The van der Waals surface area contributed by atoms with E-state index in [-0.39, 0.29) is 11.8 Å². The van der Waals surface area contributed by atoms with Gasteiger partial charge in [-0.15, -0.1) is 0 Å². The van der Waals surface area contributed by atoms with Gasteiger partial charge in [0.2, 0.25) is 0 Å². The SMILES string of the molecule is CC1c2ccccc2OC1C(=O)NCC1(O)CCCC1. The molecule has 1 amide bonds. The molecule has 1 aromatic rings. The molecule has 1 fully saturated rings. The number of amides is 1. The lowest BCUT2D eigenvalue weighted by Gasteiger charge is -2.24. The Kier molecular flexibility index (Phi) is 3.42. The van der Waals surface area contributed by atoms with Gasteiger partial charge in [0.15, 0.2) is 6.10 Å². The second-order valence-electron chi connectivity index (χ2n) is 6.01. The summed E-state index contributed by atoms with van der Waals surface area (Å²) >= 11 is 0. The third kappa shape index (κ3) is 2.40. The lowest BCUT2D eigenvalue weighted by Crippen LogP contribution is -2.46. The molecule has 0 aromatic heterocycles. The monoisotopic (exact) mass is 275 g/mol. The lowest BCUT2D eigenvalue weighted by molar-refractivity contribution is -0.129. The second kappa shape index (κ2) is 5.09. The molecule has 20 heavy (non-hydrogen) atoms. The number of carbonyl (C=O) groups is 1. The number of carbonyl (C=O) groups excluding carboxylic acids is 1. The molecular formula is C16H21NO3. The van der Waals surface area contributed by atoms with Crippen LogP contribution in [0.15, 0.2) is 24.3 Å². The third-order valence-corrected chi connectivity index (χ3v) is 4.50. The van der Waals surface area contributed by atoms with E-state index in [0.717, 1.165) is 37.0 Å². The number of ether oxygens (including phenoxy) is 1. The Hall–Kier alpha value is -1.55. The number of benzene rings is 1. The van der Waals surface area contributed by atoms with Crippen molar-refractivity contribution in [2.75, 3.05) is 6.54 Å². The smallest absolute Gasteiger partial charge is 0.261 e. The molecule has 4 heteroatoms. The predicted molar refractivity (Wildman–Crippen MR) is 75.7 cm³/mol. The van der Waals surface area contributed by atoms with Gasteiger partial charge in [-0.2, -0.15) is 0 Å². The predicted octanol–water partition coefficient (Wildman–Crippen LogP) is 1.97. The standard InChI is InChI=1S/C16H21NO3/c1-11-12-6-2-3-7-13(12)20-14(11)15(18)17-10-16(19)8-4-5-9-16/h2-3,6-7,11,14,19H,4-5,8-10H2,1H3,(H,17,18). The molecule has 0 saturated heterocycles. The van der Waals surface area contributed by atoms with Crippen molar-refractivity contribution in [2.45, 2.75) is 50.2 Å². The Morgan fingerprint density at radius 1 is 1.40 bits per heavy atom. The summed E-state index contributed by atoms with van der Waals surface area (Å²) in [6.45, 7) is 2.33. The van der Waals surface area contributed by atoms with Crippen molar-refractivity contribution in [2.24, 2.45) is 0 Å². The van der Waals surface area contributed by atoms with Crippen LogP contribution in [0.1, 0.15) is 44.1 Å². The molecule has 1 aromatic carbocycles. The van der Waals surface area contributed by atoms with E-state index in [1.54, 1.807) is 0 Å². The summed E-state index contributed by atoms with van der Waals surface area (Å²) in [4.78, 5) is 12.3. The highest BCUT2D eigenvalue weighted by molar-refractivity contribution is 5.83. The van der Waals surface area contributed by atoms with Crippen molar-refractivity contribution < 1.29 is 14.6 Å². The van der Waals surface area contributed by atoms with Crippen LogP contribution in [0.5, 0.6) is 5.75 Å². The van der Waals surface area contributed by atoms with Gasteiger partial charge in [0.1, 0.15) is 5.75 Å². The van der Waals surface area contributed by atoms with Crippen LogP contribution in [0.2, 0.25) is 0 Å². The highest BCUT2D eigenvalue weighted by Gasteiger charge is 2.38. The summed E-state index contributed by atoms with van der Waals surface area (Å²) in [6.07, 6.45) is 3.13. The maximum Gasteiger partial charge on any atom is 0.261 e. The summed E-state index contributed by atoms with van der Waals surface area (Å²) in [5.41, 5.74) is 0.358. The molecule has 1 heterocycles. The largest absolute Gasteiger partial charge is 0.480 e. The van der Waals surface area contributed by atoms with Crippen LogP contribution < -0.4 is 10.1 Å². The van der Waals surface area contributed by atoms with Crippen LogP contribution in [0.25, 0.3) is 0 Å². The molecule has 1 saturated carbocycles. The molecule has 0 bridgehead atoms. The molecule has 3 rings (SSSR count). The van der Waals surface area contributed by atoms with Crippen LogP contribution >= 0.6 is 0 Å². The van der Waals surface area contributed by atoms with Crippen molar-refractivity contribution in [3.05, 3.63) is 29.8 Å². The Morgan fingerprint density at radius 3 is 2.80 bits per heavy atom. The van der Waals surface area contributed by atoms with E-state index in [9.17, 15) is 9.90 Å². The molecule has 2 aliphatic rings. The number of hydrogen-bond donors (Lipinski definition) is 2. The molecule has 0 spiro atoms. The molecule has 2 N–H and O–H groups in total. The molecule has 4 nitrogen and oxygen atoms in total. The highest BCUT2D eigenvalue weighted by Crippen LogP contribution is 2.37. The van der Waals surface area contributed by atoms with E-state index >= 15 is 0 Å². The summed E-state index contributed by atoms with van der Waals surface area (Å²) in [7, 11) is 0. The second-order valence-corrected chi connectivity index (χ2v) is 6.01. The number of rotatable bonds is 3. The van der Waals surface area contributed by atoms with Gasteiger partial charge in [-0.05, 0) is 18.9 Å². The normalized spacial score (nSPS) is 26.9. The summed E-state index contributed by atoms with van der Waals surface area (Å²) < 4.78 is 5.74. The maximum atomic E-state index is 12.3. The minimum absolute atomic E-state index is 0.0458. The summed E-state index contributed by atoms with van der Waals surface area (Å²) in [5.74, 6) is 0.707. The first-order valence-electron chi connectivity index (χ1n) is 7.35. The minimum atomic E-state index is -0.718. The van der Waals surface area contributed by atoms with Crippen LogP contribution in [-0.4, -0.2) is 29.3 Å². The Labute approximate surface area is 119 Å². The minimum Gasteiger partial charge on any atom is -0.480 e. The van der Waals surface area contributed by atoms with E-state index in [0.29, 0.717) is 6.54 Å². The maximum absolute atomic E-state index is 12.3. The molecule has 1 aliphatic carbocycles. The van der Waals surface area contributed by atoms with Crippen LogP contribution in [0, 0.1) is 0 Å². The number of hydrogen-bond acceptors (Lipinski definition) is 3. The fraction of sp³-hybridized carbons (Fsp3) is 0.562. The van der Waals surface area contributed by atoms with E-state index < -0.39 is 11.7 Å². The average molecular weight is 275 g/mol. The number of aliphatic hydroxyl groups is 1. The van der Waals surface area contributed by atoms with E-state index in [4.69, 9.17) is 4.74 Å². The van der Waals surface area contributed by atoms with E-state index in [1.165, 1.54) is 0 Å². The van der Waals surface area contributed by atoms with Gasteiger partial charge in [-0.25, -0.2) is 0 Å². The number of para-hydroxylation sites is 1.